The minimum atomic E-state index is -0.597. The van der Waals surface area contributed by atoms with E-state index in [0.29, 0.717) is 12.1 Å². The minimum Gasteiger partial charge on any atom is -0.366 e. The molecule has 2 aliphatic heterocycles. The first kappa shape index (κ1) is 19.9. The van der Waals surface area contributed by atoms with Gasteiger partial charge in [-0.25, -0.2) is 4.98 Å². The van der Waals surface area contributed by atoms with Gasteiger partial charge in [-0.1, -0.05) is 12.8 Å². The van der Waals surface area contributed by atoms with Crippen LogP contribution in [-0.2, 0) is 14.3 Å². The van der Waals surface area contributed by atoms with Crippen LogP contribution < -0.4 is 5.73 Å². The zero-order chi connectivity index (χ0) is 21.0. The lowest BCUT2D eigenvalue weighted by molar-refractivity contribution is -0.138. The average molecular weight is 448 g/mol. The molecule has 5 rings (SSSR count). The number of Topliss-reactive ketones (excluding diaryl/α,β-unsaturated/α-hetero) is 1. The summed E-state index contributed by atoms with van der Waals surface area (Å²) in [5.74, 6) is -0.909. The number of nitrogens with zero attached hydrogens (tertiary/aromatic N) is 2. The Balaban J connectivity index is 1.53. The van der Waals surface area contributed by atoms with E-state index in [1.165, 1.54) is 11.3 Å². The molecule has 2 saturated heterocycles. The predicted molar refractivity (Wildman–Crippen MR) is 113 cm³/mol. The molecule has 1 aromatic heterocycles. The van der Waals surface area contributed by atoms with Crippen LogP contribution >= 0.6 is 22.9 Å². The number of thiazole rings is 1. The number of aromatic nitrogens is 1. The standard InChI is InChI=1S/C21H22ClN3O4S/c22-12-8-25(17-14(26)9-29-18(12)17)21(28)16(10-3-1-2-4-10)20-24-13-6-5-11(19(23)27)7-15(13)30-20/h5-7,10,12,16-18H,1-4,8-9H2,(H2,23,27)/t12-,16+,17+,18+/m0/s1. The molecule has 9 heteroatoms. The van der Waals surface area contributed by atoms with E-state index in [1.807, 2.05) is 0 Å². The molecule has 3 fully saturated rings. The molecule has 2 amide bonds. The summed E-state index contributed by atoms with van der Waals surface area (Å²) in [5.41, 5.74) is 6.57. The number of ether oxygens (including phenoxy) is 1. The SMILES string of the molecule is NC(=O)c1ccc2nc([C@H](C(=O)N3C[C@H](Cl)[C@H]4OCC(=O)[C@H]43)C3CCCC3)sc2c1. The van der Waals surface area contributed by atoms with Gasteiger partial charge >= 0.3 is 0 Å². The lowest BCUT2D eigenvalue weighted by atomic mass is 9.89. The van der Waals surface area contributed by atoms with Gasteiger partial charge in [0, 0.05) is 12.1 Å². The number of carbonyl (C=O) groups excluding carboxylic acids is 3. The molecule has 7 nitrogen and oxygen atoms in total. The van der Waals surface area contributed by atoms with E-state index in [4.69, 9.17) is 27.1 Å². The van der Waals surface area contributed by atoms with E-state index in [-0.39, 0.29) is 29.6 Å². The monoisotopic (exact) mass is 447 g/mol. The van der Waals surface area contributed by atoms with Crippen molar-refractivity contribution in [1.82, 2.24) is 9.88 Å². The van der Waals surface area contributed by atoms with Gasteiger partial charge in [0.1, 0.15) is 23.8 Å². The molecular formula is C21H22ClN3O4S. The second-order valence-electron chi connectivity index (χ2n) is 8.31. The van der Waals surface area contributed by atoms with Crippen LogP contribution in [-0.4, -0.2) is 58.2 Å². The number of primary amides is 1. The fraction of sp³-hybridized carbons (Fsp3) is 0.524. The third kappa shape index (κ3) is 3.21. The van der Waals surface area contributed by atoms with Crippen molar-refractivity contribution in [3.05, 3.63) is 28.8 Å². The summed E-state index contributed by atoms with van der Waals surface area (Å²) in [4.78, 5) is 44.1. The first-order valence-electron chi connectivity index (χ1n) is 10.2. The molecule has 1 saturated carbocycles. The number of fused-ring (bicyclic) bond motifs is 2. The highest BCUT2D eigenvalue weighted by molar-refractivity contribution is 7.18. The third-order valence-electron chi connectivity index (χ3n) is 6.50. The number of benzene rings is 1. The van der Waals surface area contributed by atoms with Gasteiger partial charge in [-0.3, -0.25) is 14.4 Å². The average Bonchev–Trinajstić information content (AvgIpc) is 3.48. The number of rotatable bonds is 4. The van der Waals surface area contributed by atoms with Gasteiger partial charge in [-0.15, -0.1) is 22.9 Å². The molecular weight excluding hydrogens is 426 g/mol. The molecule has 158 valence electrons. The second kappa shape index (κ2) is 7.59. The van der Waals surface area contributed by atoms with Crippen LogP contribution in [0.15, 0.2) is 18.2 Å². The Labute approximate surface area is 182 Å². The van der Waals surface area contributed by atoms with Crippen molar-refractivity contribution in [3.63, 3.8) is 0 Å². The molecule has 1 aliphatic carbocycles. The number of alkyl halides is 1. The van der Waals surface area contributed by atoms with Gasteiger partial charge in [0.25, 0.3) is 0 Å². The number of amides is 2. The molecule has 30 heavy (non-hydrogen) atoms. The highest BCUT2D eigenvalue weighted by Crippen LogP contribution is 2.43. The van der Waals surface area contributed by atoms with E-state index in [1.54, 1.807) is 23.1 Å². The normalized spacial score (nSPS) is 27.7. The van der Waals surface area contributed by atoms with E-state index < -0.39 is 24.0 Å². The quantitative estimate of drug-likeness (QED) is 0.725. The van der Waals surface area contributed by atoms with E-state index in [2.05, 4.69) is 0 Å². The van der Waals surface area contributed by atoms with E-state index in [0.717, 1.165) is 40.9 Å². The Bertz CT molecular complexity index is 1030. The van der Waals surface area contributed by atoms with Crippen LogP contribution in [0, 0.1) is 5.92 Å². The Morgan fingerprint density at radius 3 is 2.80 bits per heavy atom. The highest BCUT2D eigenvalue weighted by atomic mass is 35.5. The molecule has 2 N–H and O–H groups in total. The van der Waals surface area contributed by atoms with Crippen molar-refractivity contribution in [2.75, 3.05) is 13.2 Å². The molecule has 3 heterocycles. The van der Waals surface area contributed by atoms with Crippen LogP contribution in [0.25, 0.3) is 10.2 Å². The van der Waals surface area contributed by atoms with E-state index in [9.17, 15) is 14.4 Å². The third-order valence-corrected chi connectivity index (χ3v) is 7.99. The fourth-order valence-electron chi connectivity index (χ4n) is 5.03. The minimum absolute atomic E-state index is 0.00740. The first-order chi connectivity index (χ1) is 14.4. The Morgan fingerprint density at radius 1 is 1.30 bits per heavy atom. The van der Waals surface area contributed by atoms with Crippen LogP contribution in [0.2, 0.25) is 0 Å². The number of hydrogen-bond acceptors (Lipinski definition) is 6. The van der Waals surface area contributed by atoms with Gasteiger partial charge < -0.3 is 15.4 Å². The van der Waals surface area contributed by atoms with Crippen molar-refractivity contribution in [2.45, 2.75) is 49.1 Å². The molecule has 0 unspecified atom stereocenters. The van der Waals surface area contributed by atoms with Gasteiger partial charge in [-0.2, -0.15) is 0 Å². The zero-order valence-corrected chi connectivity index (χ0v) is 17.8. The van der Waals surface area contributed by atoms with Crippen molar-refractivity contribution in [3.8, 4) is 0 Å². The molecule has 2 aromatic rings. The topological polar surface area (TPSA) is 103 Å². The number of carbonyl (C=O) groups is 3. The summed E-state index contributed by atoms with van der Waals surface area (Å²) in [6.45, 7) is 0.314. The lowest BCUT2D eigenvalue weighted by Crippen LogP contribution is -2.45. The number of nitrogens with two attached hydrogens (primary N) is 1. The maximum absolute atomic E-state index is 13.8. The van der Waals surface area contributed by atoms with Gasteiger partial charge in [-0.05, 0) is 37.0 Å². The number of ketones is 1. The first-order valence-corrected chi connectivity index (χ1v) is 11.5. The van der Waals surface area contributed by atoms with Crippen molar-refractivity contribution >= 4 is 50.8 Å². The van der Waals surface area contributed by atoms with Crippen LogP contribution in [0.5, 0.6) is 0 Å². The maximum atomic E-state index is 13.8. The highest BCUT2D eigenvalue weighted by Gasteiger charge is 2.53. The van der Waals surface area contributed by atoms with Gasteiger partial charge in [0.05, 0.1) is 21.5 Å². The lowest BCUT2D eigenvalue weighted by Gasteiger charge is -2.29. The Morgan fingerprint density at radius 2 is 2.07 bits per heavy atom. The van der Waals surface area contributed by atoms with Crippen molar-refractivity contribution in [1.29, 1.82) is 0 Å². The van der Waals surface area contributed by atoms with Crippen molar-refractivity contribution < 1.29 is 19.1 Å². The molecule has 0 spiro atoms. The molecule has 1 aromatic carbocycles. The Kier molecular flexibility index (Phi) is 5.03. The molecule has 0 bridgehead atoms. The maximum Gasteiger partial charge on any atom is 0.248 e. The molecule has 4 atom stereocenters. The summed E-state index contributed by atoms with van der Waals surface area (Å²) in [7, 11) is 0. The predicted octanol–water partition coefficient (Wildman–Crippen LogP) is 2.46. The summed E-state index contributed by atoms with van der Waals surface area (Å²) < 4.78 is 6.37. The number of halogens is 1. The largest absolute Gasteiger partial charge is 0.366 e. The smallest absolute Gasteiger partial charge is 0.248 e. The summed E-state index contributed by atoms with van der Waals surface area (Å²) in [5, 5.41) is 0.340. The van der Waals surface area contributed by atoms with Gasteiger partial charge in [0.15, 0.2) is 5.78 Å². The van der Waals surface area contributed by atoms with Crippen LogP contribution in [0.1, 0.15) is 47.0 Å². The Hall–Kier alpha value is -2.03. The second-order valence-corrected chi connectivity index (χ2v) is 9.94. The molecule has 3 aliphatic rings. The number of hydrogen-bond donors (Lipinski definition) is 1. The summed E-state index contributed by atoms with van der Waals surface area (Å²) in [6, 6.07) is 4.54. The summed E-state index contributed by atoms with van der Waals surface area (Å²) in [6.07, 6.45) is 3.64. The fourth-order valence-corrected chi connectivity index (χ4v) is 6.58. The van der Waals surface area contributed by atoms with Crippen LogP contribution in [0.4, 0.5) is 0 Å². The van der Waals surface area contributed by atoms with Gasteiger partial charge in [0.2, 0.25) is 11.8 Å². The number of likely N-dealkylation sites (tertiary alicyclic amines) is 1. The van der Waals surface area contributed by atoms with E-state index >= 15 is 0 Å². The van der Waals surface area contributed by atoms with Crippen molar-refractivity contribution in [2.24, 2.45) is 11.7 Å². The van der Waals surface area contributed by atoms with Crippen LogP contribution in [0.3, 0.4) is 0 Å². The molecule has 0 radical (unpaired) electrons. The summed E-state index contributed by atoms with van der Waals surface area (Å²) >= 11 is 7.83. The zero-order valence-electron chi connectivity index (χ0n) is 16.3.